The molecule has 21 heavy (non-hydrogen) atoms. The second-order valence-corrected chi connectivity index (χ2v) is 5.29. The summed E-state index contributed by atoms with van der Waals surface area (Å²) in [5, 5.41) is 12.0. The molecule has 1 amide bonds. The first-order valence-corrected chi connectivity index (χ1v) is 7.31. The third-order valence-electron chi connectivity index (χ3n) is 2.90. The van der Waals surface area contributed by atoms with Crippen LogP contribution < -0.4 is 10.1 Å². The van der Waals surface area contributed by atoms with E-state index in [2.05, 4.69) is 21.2 Å². The molecule has 0 saturated heterocycles. The van der Waals surface area contributed by atoms with Crippen molar-refractivity contribution in [3.63, 3.8) is 0 Å². The summed E-state index contributed by atoms with van der Waals surface area (Å²) in [7, 11) is 0. The van der Waals surface area contributed by atoms with Gasteiger partial charge in [-0.2, -0.15) is 0 Å². The third-order valence-corrected chi connectivity index (χ3v) is 3.52. The van der Waals surface area contributed by atoms with Crippen molar-refractivity contribution in [2.75, 3.05) is 6.61 Å². The molecule has 2 N–H and O–H groups in total. The van der Waals surface area contributed by atoms with E-state index in [9.17, 15) is 9.90 Å². The van der Waals surface area contributed by atoms with Gasteiger partial charge in [0, 0.05) is 12.1 Å². The zero-order valence-corrected chi connectivity index (χ0v) is 13.0. The van der Waals surface area contributed by atoms with Gasteiger partial charge in [0.25, 0.3) is 5.91 Å². The zero-order valence-electron chi connectivity index (χ0n) is 11.4. The number of aliphatic hydroxyl groups is 1. The van der Waals surface area contributed by atoms with Crippen molar-refractivity contribution >= 4 is 21.8 Å². The van der Waals surface area contributed by atoms with Crippen LogP contribution >= 0.6 is 15.9 Å². The number of para-hydroxylation sites is 1. The summed E-state index contributed by atoms with van der Waals surface area (Å²) in [6, 6.07) is 15.0. The van der Waals surface area contributed by atoms with Crippen molar-refractivity contribution in [1.82, 2.24) is 5.32 Å². The smallest absolute Gasteiger partial charge is 0.258 e. The summed E-state index contributed by atoms with van der Waals surface area (Å²) >= 11 is 3.35. The number of aliphatic hydroxyl groups excluding tert-OH is 1. The van der Waals surface area contributed by atoms with Crippen LogP contribution in [0.4, 0.5) is 0 Å². The number of halogens is 1. The summed E-state index contributed by atoms with van der Waals surface area (Å²) in [5.74, 6) is 0.286. The van der Waals surface area contributed by atoms with E-state index in [0.717, 1.165) is 5.56 Å². The number of amides is 1. The Morgan fingerprint density at radius 3 is 2.62 bits per heavy atom. The number of carbonyl (C=O) groups excluding carboxylic acids is 1. The van der Waals surface area contributed by atoms with Crippen molar-refractivity contribution in [2.45, 2.75) is 13.2 Å². The van der Waals surface area contributed by atoms with Crippen molar-refractivity contribution in [1.29, 1.82) is 0 Å². The van der Waals surface area contributed by atoms with E-state index in [1.165, 1.54) is 0 Å². The molecule has 0 fully saturated rings. The molecule has 0 bridgehead atoms. The van der Waals surface area contributed by atoms with Gasteiger partial charge in [-0.05, 0) is 27.6 Å². The number of carbonyl (C=O) groups is 1. The van der Waals surface area contributed by atoms with Gasteiger partial charge in [-0.15, -0.1) is 0 Å². The van der Waals surface area contributed by atoms with E-state index in [-0.39, 0.29) is 19.1 Å². The van der Waals surface area contributed by atoms with Gasteiger partial charge < -0.3 is 15.2 Å². The van der Waals surface area contributed by atoms with Crippen LogP contribution in [0, 0.1) is 0 Å². The van der Waals surface area contributed by atoms with Crippen LogP contribution in [0.1, 0.15) is 11.1 Å². The Morgan fingerprint density at radius 1 is 1.14 bits per heavy atom. The quantitative estimate of drug-likeness (QED) is 0.842. The normalized spacial score (nSPS) is 10.2. The first kappa shape index (κ1) is 15.5. The van der Waals surface area contributed by atoms with Gasteiger partial charge in [0.15, 0.2) is 6.61 Å². The maximum absolute atomic E-state index is 11.8. The van der Waals surface area contributed by atoms with Crippen LogP contribution in [-0.2, 0) is 17.9 Å². The molecule has 0 aliphatic carbocycles. The molecular formula is C16H16BrNO3. The summed E-state index contributed by atoms with van der Waals surface area (Å²) < 4.78 is 6.20. The standard InChI is InChI=1S/C16H16BrNO3/c17-14-8-4-7-13(10-19)16(14)21-11-15(20)18-9-12-5-2-1-3-6-12/h1-8,19H,9-11H2,(H,18,20). The minimum Gasteiger partial charge on any atom is -0.482 e. The highest BCUT2D eigenvalue weighted by molar-refractivity contribution is 9.10. The molecule has 0 spiro atoms. The molecule has 0 aromatic heterocycles. The lowest BCUT2D eigenvalue weighted by Gasteiger charge is -2.12. The largest absolute Gasteiger partial charge is 0.482 e. The molecule has 2 aromatic carbocycles. The average molecular weight is 350 g/mol. The zero-order chi connectivity index (χ0) is 15.1. The average Bonchev–Trinajstić information content (AvgIpc) is 2.52. The molecule has 0 atom stereocenters. The van der Waals surface area contributed by atoms with Crippen LogP contribution in [0.25, 0.3) is 0 Å². The van der Waals surface area contributed by atoms with E-state index in [4.69, 9.17) is 4.74 Å². The van der Waals surface area contributed by atoms with Gasteiger partial charge in [0.05, 0.1) is 11.1 Å². The molecule has 110 valence electrons. The van der Waals surface area contributed by atoms with E-state index >= 15 is 0 Å². The Kier molecular flexibility index (Phi) is 5.78. The monoisotopic (exact) mass is 349 g/mol. The molecule has 4 nitrogen and oxygen atoms in total. The van der Waals surface area contributed by atoms with E-state index in [1.54, 1.807) is 18.2 Å². The molecule has 0 heterocycles. The number of hydrogen-bond acceptors (Lipinski definition) is 3. The van der Waals surface area contributed by atoms with Gasteiger partial charge in [-0.1, -0.05) is 42.5 Å². The molecule has 0 unspecified atom stereocenters. The van der Waals surface area contributed by atoms with Crippen molar-refractivity contribution in [2.24, 2.45) is 0 Å². The Hall–Kier alpha value is -1.85. The SMILES string of the molecule is O=C(COc1c(Br)cccc1CO)NCc1ccccc1. The second-order valence-electron chi connectivity index (χ2n) is 4.44. The first-order valence-electron chi connectivity index (χ1n) is 6.52. The molecule has 0 saturated carbocycles. The Balaban J connectivity index is 1.87. The van der Waals surface area contributed by atoms with E-state index in [0.29, 0.717) is 22.3 Å². The third kappa shape index (κ3) is 4.58. The van der Waals surface area contributed by atoms with Crippen molar-refractivity contribution < 1.29 is 14.6 Å². The lowest BCUT2D eigenvalue weighted by Crippen LogP contribution is -2.28. The fraction of sp³-hybridized carbons (Fsp3) is 0.188. The van der Waals surface area contributed by atoms with E-state index < -0.39 is 0 Å². The second kappa shape index (κ2) is 7.81. The van der Waals surface area contributed by atoms with Crippen LogP contribution in [0.2, 0.25) is 0 Å². The molecule has 0 aliphatic rings. The summed E-state index contributed by atoms with van der Waals surface area (Å²) in [4.78, 5) is 11.8. The predicted octanol–water partition coefficient (Wildman–Crippen LogP) is 2.64. The van der Waals surface area contributed by atoms with Gasteiger partial charge in [0.1, 0.15) is 5.75 Å². The predicted molar refractivity (Wildman–Crippen MR) is 83.8 cm³/mol. The molecular weight excluding hydrogens is 334 g/mol. The van der Waals surface area contributed by atoms with Crippen LogP contribution in [0.15, 0.2) is 53.0 Å². The lowest BCUT2D eigenvalue weighted by atomic mass is 10.2. The first-order chi connectivity index (χ1) is 10.2. The van der Waals surface area contributed by atoms with Crippen molar-refractivity contribution in [3.05, 3.63) is 64.1 Å². The molecule has 2 rings (SSSR count). The Morgan fingerprint density at radius 2 is 1.90 bits per heavy atom. The lowest BCUT2D eigenvalue weighted by molar-refractivity contribution is -0.123. The number of nitrogens with one attached hydrogen (secondary N) is 1. The number of benzene rings is 2. The van der Waals surface area contributed by atoms with Gasteiger partial charge in [-0.25, -0.2) is 0 Å². The van der Waals surface area contributed by atoms with Gasteiger partial charge in [-0.3, -0.25) is 4.79 Å². The highest BCUT2D eigenvalue weighted by Crippen LogP contribution is 2.28. The summed E-state index contributed by atoms with van der Waals surface area (Å²) in [5.41, 5.74) is 1.67. The maximum atomic E-state index is 11.8. The number of rotatable bonds is 6. The highest BCUT2D eigenvalue weighted by atomic mass is 79.9. The molecule has 0 radical (unpaired) electrons. The van der Waals surface area contributed by atoms with Crippen LogP contribution in [0.3, 0.4) is 0 Å². The molecule has 5 heteroatoms. The fourth-order valence-corrected chi connectivity index (χ4v) is 2.35. The Bertz CT molecular complexity index is 602. The fourth-order valence-electron chi connectivity index (χ4n) is 1.82. The molecule has 2 aromatic rings. The van der Waals surface area contributed by atoms with Crippen molar-refractivity contribution in [3.8, 4) is 5.75 Å². The Labute approximate surface area is 131 Å². The van der Waals surface area contributed by atoms with E-state index in [1.807, 2.05) is 30.3 Å². The van der Waals surface area contributed by atoms with Gasteiger partial charge in [0.2, 0.25) is 0 Å². The summed E-state index contributed by atoms with van der Waals surface area (Å²) in [6.07, 6.45) is 0. The molecule has 0 aliphatic heterocycles. The summed E-state index contributed by atoms with van der Waals surface area (Å²) in [6.45, 7) is 0.231. The highest BCUT2D eigenvalue weighted by Gasteiger charge is 2.09. The van der Waals surface area contributed by atoms with Crippen LogP contribution in [-0.4, -0.2) is 17.6 Å². The maximum Gasteiger partial charge on any atom is 0.258 e. The minimum absolute atomic E-state index is 0.0948. The van der Waals surface area contributed by atoms with Gasteiger partial charge >= 0.3 is 0 Å². The number of ether oxygens (including phenoxy) is 1. The topological polar surface area (TPSA) is 58.6 Å². The van der Waals surface area contributed by atoms with Crippen LogP contribution in [0.5, 0.6) is 5.75 Å². The number of hydrogen-bond donors (Lipinski definition) is 2. The minimum atomic E-state index is -0.210.